The molecular weight excluding hydrogens is 406 g/mol. The van der Waals surface area contributed by atoms with Crippen molar-refractivity contribution in [2.45, 2.75) is 26.9 Å². The molecule has 0 fully saturated rings. The van der Waals surface area contributed by atoms with Crippen molar-refractivity contribution in [2.24, 2.45) is 0 Å². The highest BCUT2D eigenvalue weighted by Gasteiger charge is 2.30. The second-order valence-corrected chi connectivity index (χ2v) is 8.79. The number of aromatic nitrogens is 4. The number of nitrogens with one attached hydrogen (secondary N) is 1. The Morgan fingerprint density at radius 1 is 0.788 bits per heavy atom. The molecule has 5 aromatic rings. The molecule has 1 aliphatic rings. The Bertz CT molecular complexity index is 1460. The molecule has 0 spiro atoms. The summed E-state index contributed by atoms with van der Waals surface area (Å²) in [6.07, 6.45) is 1.96. The maximum absolute atomic E-state index is 5.04. The number of aryl methyl sites for hydroxylation is 3. The first-order valence-electron chi connectivity index (χ1n) is 11.2. The molecule has 0 amide bonds. The Balaban J connectivity index is 1.56. The molecule has 1 unspecified atom stereocenters. The molecule has 5 heteroatoms. The number of anilines is 1. The molecule has 3 heterocycles. The summed E-state index contributed by atoms with van der Waals surface area (Å²) >= 11 is 0. The van der Waals surface area contributed by atoms with Crippen molar-refractivity contribution in [3.63, 3.8) is 0 Å². The van der Waals surface area contributed by atoms with Gasteiger partial charge in [-0.3, -0.25) is 0 Å². The normalized spacial score (nSPS) is 14.5. The molecule has 33 heavy (non-hydrogen) atoms. The van der Waals surface area contributed by atoms with Crippen LogP contribution in [0.25, 0.3) is 28.2 Å². The fourth-order valence-corrected chi connectivity index (χ4v) is 4.56. The van der Waals surface area contributed by atoms with Gasteiger partial charge in [0.25, 0.3) is 0 Å². The van der Waals surface area contributed by atoms with Gasteiger partial charge in [-0.15, -0.1) is 0 Å². The number of hydrogen-bond donors (Lipinski definition) is 1. The summed E-state index contributed by atoms with van der Waals surface area (Å²) in [5, 5.41) is 13.7. The average molecular weight is 432 g/mol. The zero-order valence-corrected chi connectivity index (χ0v) is 18.9. The van der Waals surface area contributed by atoms with Gasteiger partial charge in [0.1, 0.15) is 0 Å². The Morgan fingerprint density at radius 2 is 1.55 bits per heavy atom. The third kappa shape index (κ3) is 3.33. The van der Waals surface area contributed by atoms with E-state index in [1.165, 1.54) is 16.7 Å². The maximum Gasteiger partial charge on any atom is 0.151 e. The van der Waals surface area contributed by atoms with Gasteiger partial charge in [-0.2, -0.15) is 10.2 Å². The zero-order chi connectivity index (χ0) is 22.5. The van der Waals surface area contributed by atoms with Gasteiger partial charge < -0.3 is 5.32 Å². The van der Waals surface area contributed by atoms with E-state index in [0.29, 0.717) is 0 Å². The number of para-hydroxylation sites is 1. The van der Waals surface area contributed by atoms with Crippen molar-refractivity contribution in [3.05, 3.63) is 107 Å². The predicted molar refractivity (Wildman–Crippen MR) is 133 cm³/mol. The molecule has 6 rings (SSSR count). The first kappa shape index (κ1) is 19.6. The van der Waals surface area contributed by atoms with Crippen LogP contribution in [0.15, 0.2) is 85.1 Å². The van der Waals surface area contributed by atoms with Crippen molar-refractivity contribution in [2.75, 3.05) is 5.32 Å². The smallest absolute Gasteiger partial charge is 0.151 e. The van der Waals surface area contributed by atoms with Crippen molar-refractivity contribution in [3.8, 4) is 28.2 Å². The van der Waals surface area contributed by atoms with Crippen LogP contribution in [0.1, 0.15) is 28.6 Å². The van der Waals surface area contributed by atoms with E-state index in [-0.39, 0.29) is 6.17 Å². The minimum atomic E-state index is -0.169. The van der Waals surface area contributed by atoms with E-state index in [1.54, 1.807) is 0 Å². The van der Waals surface area contributed by atoms with Crippen LogP contribution in [0.2, 0.25) is 0 Å². The second-order valence-electron chi connectivity index (χ2n) is 8.79. The van der Waals surface area contributed by atoms with E-state index in [0.717, 1.165) is 39.6 Å². The largest absolute Gasteiger partial charge is 0.359 e. The number of rotatable bonds is 3. The van der Waals surface area contributed by atoms with Crippen LogP contribution >= 0.6 is 0 Å². The van der Waals surface area contributed by atoms with Crippen molar-refractivity contribution in [1.29, 1.82) is 0 Å². The lowest BCUT2D eigenvalue weighted by molar-refractivity contribution is 0.572. The second kappa shape index (κ2) is 7.48. The highest BCUT2D eigenvalue weighted by molar-refractivity contribution is 5.80. The first-order chi connectivity index (χ1) is 16.1. The molecular formula is C28H25N5. The number of nitrogens with zero attached hydrogens (tertiary/aromatic N) is 4. The molecule has 1 N–H and O–H groups in total. The van der Waals surface area contributed by atoms with Crippen molar-refractivity contribution >= 4 is 5.69 Å². The summed E-state index contributed by atoms with van der Waals surface area (Å²) in [5.41, 5.74) is 11.0. The van der Waals surface area contributed by atoms with Crippen molar-refractivity contribution in [1.82, 2.24) is 19.6 Å². The van der Waals surface area contributed by atoms with Gasteiger partial charge in [0.05, 0.1) is 22.8 Å². The Morgan fingerprint density at radius 3 is 2.33 bits per heavy atom. The van der Waals surface area contributed by atoms with Gasteiger partial charge in [-0.1, -0.05) is 59.7 Å². The Labute approximate surface area is 193 Å². The van der Waals surface area contributed by atoms with Crippen LogP contribution in [0.3, 0.4) is 0 Å². The summed E-state index contributed by atoms with van der Waals surface area (Å²) < 4.78 is 4.06. The van der Waals surface area contributed by atoms with Gasteiger partial charge in [-0.05, 0) is 51.1 Å². The molecule has 0 aliphatic carbocycles. The summed E-state index contributed by atoms with van der Waals surface area (Å²) in [4.78, 5) is 0. The number of benzene rings is 3. The highest BCUT2D eigenvalue weighted by atomic mass is 15.4. The topological polar surface area (TPSA) is 47.7 Å². The van der Waals surface area contributed by atoms with Crippen LogP contribution < -0.4 is 5.32 Å². The minimum Gasteiger partial charge on any atom is -0.359 e. The molecule has 0 radical (unpaired) electrons. The summed E-state index contributed by atoms with van der Waals surface area (Å²) in [5.74, 6) is 0. The maximum atomic E-state index is 5.04. The summed E-state index contributed by atoms with van der Waals surface area (Å²) in [7, 11) is 0. The van der Waals surface area contributed by atoms with Gasteiger partial charge in [-0.25, -0.2) is 9.36 Å². The molecule has 2 aromatic heterocycles. The molecule has 0 saturated heterocycles. The van der Waals surface area contributed by atoms with E-state index in [1.807, 2.05) is 29.8 Å². The lowest BCUT2D eigenvalue weighted by Crippen LogP contribution is -2.26. The fraction of sp³-hybridized carbons (Fsp3) is 0.143. The summed E-state index contributed by atoms with van der Waals surface area (Å²) in [6, 6.07) is 27.5. The van der Waals surface area contributed by atoms with Crippen LogP contribution in [0.5, 0.6) is 0 Å². The van der Waals surface area contributed by atoms with E-state index >= 15 is 0 Å². The van der Waals surface area contributed by atoms with Gasteiger partial charge >= 0.3 is 0 Å². The summed E-state index contributed by atoms with van der Waals surface area (Å²) in [6.45, 7) is 6.28. The monoisotopic (exact) mass is 431 g/mol. The number of fused-ring (bicyclic) bond motifs is 3. The molecule has 0 bridgehead atoms. The van der Waals surface area contributed by atoms with Gasteiger partial charge in [0.2, 0.25) is 0 Å². The van der Waals surface area contributed by atoms with E-state index in [9.17, 15) is 0 Å². The minimum absolute atomic E-state index is 0.169. The molecule has 1 atom stereocenters. The van der Waals surface area contributed by atoms with Gasteiger partial charge in [0.15, 0.2) is 6.17 Å². The van der Waals surface area contributed by atoms with Crippen LogP contribution in [0, 0.1) is 20.8 Å². The standard InChI is InChI=1S/C28H25N5/c1-18-9-12-21(13-10-18)27-24(17-32(31-27)22-7-5-4-6-8-22)28-29-25-14-11-19(2)15-23(25)26-16-20(3)30-33(26)28/h4-17,28-29H,1-3H3. The van der Waals surface area contributed by atoms with E-state index in [2.05, 4.69) is 90.7 Å². The quantitative estimate of drug-likeness (QED) is 0.365. The molecule has 3 aromatic carbocycles. The lowest BCUT2D eigenvalue weighted by atomic mass is 10.00. The molecule has 0 saturated carbocycles. The molecule has 5 nitrogen and oxygen atoms in total. The fourth-order valence-electron chi connectivity index (χ4n) is 4.56. The average Bonchev–Trinajstić information content (AvgIpc) is 3.44. The predicted octanol–water partition coefficient (Wildman–Crippen LogP) is 6.30. The molecule has 1 aliphatic heterocycles. The van der Waals surface area contributed by atoms with Crippen molar-refractivity contribution < 1.29 is 0 Å². The Kier molecular flexibility index (Phi) is 4.44. The van der Waals surface area contributed by atoms with Crippen LogP contribution in [-0.2, 0) is 0 Å². The van der Waals surface area contributed by atoms with Gasteiger partial charge in [0, 0.05) is 28.6 Å². The third-order valence-corrected chi connectivity index (χ3v) is 6.23. The first-order valence-corrected chi connectivity index (χ1v) is 11.2. The SMILES string of the molecule is Cc1ccc(-c2nn(-c3ccccc3)cc2C2Nc3ccc(C)cc3-c3cc(C)nn32)cc1. The molecule has 162 valence electrons. The highest BCUT2D eigenvalue weighted by Crippen LogP contribution is 2.41. The number of hydrogen-bond acceptors (Lipinski definition) is 3. The van der Waals surface area contributed by atoms with Crippen LogP contribution in [-0.4, -0.2) is 19.6 Å². The lowest BCUT2D eigenvalue weighted by Gasteiger charge is -2.29. The zero-order valence-electron chi connectivity index (χ0n) is 18.9. The van der Waals surface area contributed by atoms with E-state index < -0.39 is 0 Å². The van der Waals surface area contributed by atoms with Crippen LogP contribution in [0.4, 0.5) is 5.69 Å². The van der Waals surface area contributed by atoms with E-state index in [4.69, 9.17) is 10.2 Å². The Hall–Kier alpha value is -4.12. The third-order valence-electron chi connectivity index (χ3n) is 6.23.